The molecule has 2 atom stereocenters. The third-order valence-corrected chi connectivity index (χ3v) is 4.50. The number of piperidine rings is 1. The van der Waals surface area contributed by atoms with E-state index >= 15 is 0 Å². The first kappa shape index (κ1) is 15.3. The minimum atomic E-state index is -0.680. The lowest BCUT2D eigenvalue weighted by Gasteiger charge is -2.37. The van der Waals surface area contributed by atoms with E-state index in [0.29, 0.717) is 12.5 Å². The molecule has 2 N–H and O–H groups in total. The van der Waals surface area contributed by atoms with Crippen LogP contribution in [0, 0.1) is 11.8 Å². The second kappa shape index (κ2) is 7.09. The minimum Gasteiger partial charge on any atom is -0.481 e. The van der Waals surface area contributed by atoms with Gasteiger partial charge in [-0.1, -0.05) is 13.8 Å². The molecule has 0 aromatic carbocycles. The number of anilines is 1. The highest BCUT2D eigenvalue weighted by molar-refractivity contribution is 7.08. The summed E-state index contributed by atoms with van der Waals surface area (Å²) in [6.07, 6.45) is 1.86. The van der Waals surface area contributed by atoms with Crippen LogP contribution in [-0.2, 0) is 4.79 Å². The van der Waals surface area contributed by atoms with Crippen LogP contribution in [0.15, 0.2) is 16.8 Å². The van der Waals surface area contributed by atoms with Gasteiger partial charge in [0.2, 0.25) is 0 Å². The monoisotopic (exact) mass is 296 g/mol. The molecule has 0 radical (unpaired) electrons. The number of carboxylic acid groups (broad SMARTS) is 1. The van der Waals surface area contributed by atoms with Gasteiger partial charge in [-0.2, -0.15) is 11.3 Å². The molecular formula is C15H24N2O2S. The van der Waals surface area contributed by atoms with E-state index in [1.807, 2.05) is 5.38 Å². The van der Waals surface area contributed by atoms with Crippen LogP contribution >= 0.6 is 11.3 Å². The van der Waals surface area contributed by atoms with E-state index in [-0.39, 0.29) is 12.0 Å². The third kappa shape index (κ3) is 4.21. The first-order valence-electron chi connectivity index (χ1n) is 7.29. The molecule has 1 fully saturated rings. The fraction of sp³-hybridized carbons (Fsp3) is 0.667. The smallest absolute Gasteiger partial charge is 0.308 e. The molecule has 4 nitrogen and oxygen atoms in total. The van der Waals surface area contributed by atoms with E-state index in [1.54, 1.807) is 11.3 Å². The predicted molar refractivity (Wildman–Crippen MR) is 83.5 cm³/mol. The van der Waals surface area contributed by atoms with Gasteiger partial charge in [-0.25, -0.2) is 0 Å². The highest BCUT2D eigenvalue weighted by Crippen LogP contribution is 2.25. The topological polar surface area (TPSA) is 52.6 Å². The molecule has 20 heavy (non-hydrogen) atoms. The Hall–Kier alpha value is -1.07. The third-order valence-electron chi connectivity index (χ3n) is 3.83. The molecule has 0 aliphatic carbocycles. The Labute approximate surface area is 124 Å². The fourth-order valence-corrected chi connectivity index (χ4v) is 3.31. The van der Waals surface area contributed by atoms with E-state index in [4.69, 9.17) is 0 Å². The van der Waals surface area contributed by atoms with Crippen molar-refractivity contribution >= 4 is 23.0 Å². The summed E-state index contributed by atoms with van der Waals surface area (Å²) in [5.74, 6) is -0.282. The number of hydrogen-bond acceptors (Lipinski definition) is 4. The number of nitrogens with zero attached hydrogens (tertiary/aromatic N) is 1. The minimum absolute atomic E-state index is 0.267. The normalized spacial score (nSPS) is 23.2. The Bertz CT molecular complexity index is 420. The molecule has 1 aromatic heterocycles. The molecule has 2 unspecified atom stereocenters. The van der Waals surface area contributed by atoms with Gasteiger partial charge in [0.05, 0.1) is 5.92 Å². The van der Waals surface area contributed by atoms with Crippen LogP contribution in [0.5, 0.6) is 0 Å². The summed E-state index contributed by atoms with van der Waals surface area (Å²) in [6, 6.07) is 2.34. The molecule has 0 saturated carbocycles. The maximum atomic E-state index is 11.3. The number of nitrogens with one attached hydrogen (secondary N) is 1. The molecule has 2 heterocycles. The van der Waals surface area contributed by atoms with Crippen molar-refractivity contribution in [3.63, 3.8) is 0 Å². The standard InChI is InChI=1S/C15H24N2O2S/c1-11(2)3-5-16-13-7-12(15(18)19)8-17(9-13)14-4-6-20-10-14/h4,6,10-13,16H,3,5,7-9H2,1-2H3,(H,18,19). The van der Waals surface area contributed by atoms with Crippen molar-refractivity contribution in [3.8, 4) is 0 Å². The number of rotatable bonds is 6. The van der Waals surface area contributed by atoms with Crippen LogP contribution in [0.25, 0.3) is 0 Å². The first-order valence-corrected chi connectivity index (χ1v) is 8.24. The van der Waals surface area contributed by atoms with Gasteiger partial charge in [0, 0.05) is 30.2 Å². The maximum Gasteiger partial charge on any atom is 0.308 e. The van der Waals surface area contributed by atoms with Crippen molar-refractivity contribution in [2.45, 2.75) is 32.7 Å². The summed E-state index contributed by atoms with van der Waals surface area (Å²) in [6.45, 7) is 6.90. The van der Waals surface area contributed by atoms with Crippen molar-refractivity contribution in [3.05, 3.63) is 16.8 Å². The van der Waals surface area contributed by atoms with Crippen LogP contribution in [0.2, 0.25) is 0 Å². The fourth-order valence-electron chi connectivity index (χ4n) is 2.65. The zero-order chi connectivity index (χ0) is 14.5. The van der Waals surface area contributed by atoms with Gasteiger partial charge in [-0.3, -0.25) is 4.79 Å². The number of carbonyl (C=O) groups is 1. The zero-order valence-electron chi connectivity index (χ0n) is 12.2. The Balaban J connectivity index is 1.96. The largest absolute Gasteiger partial charge is 0.481 e. The maximum absolute atomic E-state index is 11.3. The molecule has 0 spiro atoms. The van der Waals surface area contributed by atoms with Gasteiger partial charge in [-0.15, -0.1) is 0 Å². The van der Waals surface area contributed by atoms with Crippen LogP contribution in [-0.4, -0.2) is 36.8 Å². The summed E-state index contributed by atoms with van der Waals surface area (Å²) in [7, 11) is 0. The van der Waals surface area contributed by atoms with Crippen molar-refractivity contribution < 1.29 is 9.90 Å². The van der Waals surface area contributed by atoms with Crippen LogP contribution < -0.4 is 10.2 Å². The van der Waals surface area contributed by atoms with Crippen LogP contribution in [0.1, 0.15) is 26.7 Å². The second-order valence-corrected chi connectivity index (χ2v) is 6.77. The van der Waals surface area contributed by atoms with Gasteiger partial charge < -0.3 is 15.3 Å². The zero-order valence-corrected chi connectivity index (χ0v) is 13.0. The van der Waals surface area contributed by atoms with Crippen LogP contribution in [0.4, 0.5) is 5.69 Å². The second-order valence-electron chi connectivity index (χ2n) is 5.99. The molecule has 1 aromatic rings. The number of carboxylic acids is 1. The molecule has 1 saturated heterocycles. The molecule has 2 rings (SSSR count). The van der Waals surface area contributed by atoms with E-state index in [0.717, 1.165) is 31.6 Å². The van der Waals surface area contributed by atoms with E-state index in [1.165, 1.54) is 0 Å². The van der Waals surface area contributed by atoms with Crippen molar-refractivity contribution in [2.24, 2.45) is 11.8 Å². The summed E-state index contributed by atoms with van der Waals surface area (Å²) in [5, 5.41) is 17.0. The lowest BCUT2D eigenvalue weighted by atomic mass is 9.93. The summed E-state index contributed by atoms with van der Waals surface area (Å²) >= 11 is 1.66. The Kier molecular flexibility index (Phi) is 5.43. The predicted octanol–water partition coefficient (Wildman–Crippen LogP) is 2.66. The lowest BCUT2D eigenvalue weighted by molar-refractivity contribution is -0.142. The summed E-state index contributed by atoms with van der Waals surface area (Å²) in [5.41, 5.74) is 1.15. The Morgan fingerprint density at radius 2 is 2.35 bits per heavy atom. The van der Waals surface area contributed by atoms with Crippen molar-refractivity contribution in [1.82, 2.24) is 5.32 Å². The van der Waals surface area contributed by atoms with Gasteiger partial charge in [-0.05, 0) is 36.8 Å². The van der Waals surface area contributed by atoms with Crippen molar-refractivity contribution in [2.75, 3.05) is 24.5 Å². The van der Waals surface area contributed by atoms with Crippen molar-refractivity contribution in [1.29, 1.82) is 0 Å². The van der Waals surface area contributed by atoms with Gasteiger partial charge in [0.1, 0.15) is 0 Å². The van der Waals surface area contributed by atoms with E-state index in [2.05, 4.69) is 35.5 Å². The quantitative estimate of drug-likeness (QED) is 0.847. The van der Waals surface area contributed by atoms with E-state index < -0.39 is 5.97 Å². The molecule has 5 heteroatoms. The number of hydrogen-bond donors (Lipinski definition) is 2. The van der Waals surface area contributed by atoms with Crippen LogP contribution in [0.3, 0.4) is 0 Å². The molecule has 0 bridgehead atoms. The lowest BCUT2D eigenvalue weighted by Crippen LogP contribution is -2.51. The van der Waals surface area contributed by atoms with E-state index in [9.17, 15) is 9.90 Å². The highest BCUT2D eigenvalue weighted by Gasteiger charge is 2.31. The average Bonchev–Trinajstić information content (AvgIpc) is 2.91. The Morgan fingerprint density at radius 1 is 1.55 bits per heavy atom. The molecule has 112 valence electrons. The number of thiophene rings is 1. The molecule has 1 aliphatic rings. The van der Waals surface area contributed by atoms with Gasteiger partial charge in [0.15, 0.2) is 0 Å². The molecular weight excluding hydrogens is 272 g/mol. The molecule has 0 amide bonds. The highest BCUT2D eigenvalue weighted by atomic mass is 32.1. The number of aliphatic carboxylic acids is 1. The Morgan fingerprint density at radius 3 is 2.95 bits per heavy atom. The summed E-state index contributed by atoms with van der Waals surface area (Å²) in [4.78, 5) is 13.5. The van der Waals surface area contributed by atoms with Gasteiger partial charge in [0.25, 0.3) is 0 Å². The first-order chi connectivity index (χ1) is 9.56. The SMILES string of the molecule is CC(C)CCNC1CC(C(=O)O)CN(c2ccsc2)C1. The van der Waals surface area contributed by atoms with Gasteiger partial charge >= 0.3 is 5.97 Å². The average molecular weight is 296 g/mol. The molecule has 1 aliphatic heterocycles. The summed E-state index contributed by atoms with van der Waals surface area (Å²) < 4.78 is 0.